The van der Waals surface area contributed by atoms with E-state index in [0.29, 0.717) is 24.1 Å². The Morgan fingerprint density at radius 1 is 0.781 bits per heavy atom. The molecular weight excluding hydrogens is 418 g/mol. The van der Waals surface area contributed by atoms with Gasteiger partial charge in [0.05, 0.1) is 11.7 Å². The fourth-order valence-electron chi connectivity index (χ4n) is 3.66. The molecule has 2 N–H and O–H groups in total. The van der Waals surface area contributed by atoms with Gasteiger partial charge in [0.25, 0.3) is 0 Å². The van der Waals surface area contributed by atoms with Crippen LogP contribution in [0.4, 0.5) is 17.6 Å². The first kappa shape index (κ1) is 24.0. The van der Waals surface area contributed by atoms with Crippen LogP contribution in [-0.2, 0) is 19.0 Å². The summed E-state index contributed by atoms with van der Waals surface area (Å²) in [7, 11) is 0. The fraction of sp³-hybridized carbons (Fsp3) is 0.308. The van der Waals surface area contributed by atoms with Crippen LogP contribution < -0.4 is 5.32 Å². The molecule has 0 aliphatic heterocycles. The number of aryl methyl sites for hydroxylation is 1. The van der Waals surface area contributed by atoms with E-state index in [1.54, 1.807) is 0 Å². The van der Waals surface area contributed by atoms with Crippen LogP contribution in [0.15, 0.2) is 78.9 Å². The molecule has 32 heavy (non-hydrogen) atoms. The molecular formula is C26H27F4NO. The molecule has 0 fully saturated rings. The predicted molar refractivity (Wildman–Crippen MR) is 118 cm³/mol. The largest absolute Gasteiger partial charge is 0.416 e. The molecule has 6 heteroatoms. The average Bonchev–Trinajstić information content (AvgIpc) is 2.78. The number of aliphatic hydroxyl groups excluding tert-OH is 1. The van der Waals surface area contributed by atoms with Crippen LogP contribution >= 0.6 is 0 Å². The van der Waals surface area contributed by atoms with Crippen molar-refractivity contribution in [3.05, 3.63) is 107 Å². The molecule has 0 heterocycles. The van der Waals surface area contributed by atoms with E-state index in [1.165, 1.54) is 42.0 Å². The standard InChI is InChI=1S/C26H27F4NO/c27-23-15-11-21(12-16-23)25(32)24(18-20-9-13-22(14-10-20)26(28,29)30)31-17-5-4-8-19-6-2-1-3-7-19/h1-3,6-7,9-16,24-25,31-32H,4-5,8,17-18H2. The molecule has 170 valence electrons. The van der Waals surface area contributed by atoms with Crippen molar-refractivity contribution >= 4 is 0 Å². The number of hydrogen-bond donors (Lipinski definition) is 2. The smallest absolute Gasteiger partial charge is 0.387 e. The van der Waals surface area contributed by atoms with Crippen molar-refractivity contribution in [3.8, 4) is 0 Å². The Hall–Kier alpha value is -2.70. The number of alkyl halides is 3. The van der Waals surface area contributed by atoms with Gasteiger partial charge in [-0.15, -0.1) is 0 Å². The van der Waals surface area contributed by atoms with Gasteiger partial charge in [0, 0.05) is 6.04 Å². The number of nitrogens with one attached hydrogen (secondary N) is 1. The zero-order valence-corrected chi connectivity index (χ0v) is 17.7. The maximum absolute atomic E-state index is 13.3. The van der Waals surface area contributed by atoms with Crippen LogP contribution in [-0.4, -0.2) is 17.7 Å². The number of unbranched alkanes of at least 4 members (excludes halogenated alkanes) is 1. The van der Waals surface area contributed by atoms with Crippen LogP contribution in [0.2, 0.25) is 0 Å². The molecule has 0 aliphatic rings. The maximum atomic E-state index is 13.3. The van der Waals surface area contributed by atoms with Crippen molar-refractivity contribution in [2.45, 2.75) is 44.0 Å². The molecule has 0 saturated heterocycles. The highest BCUT2D eigenvalue weighted by molar-refractivity contribution is 5.27. The van der Waals surface area contributed by atoms with E-state index >= 15 is 0 Å². The molecule has 0 radical (unpaired) electrons. The summed E-state index contributed by atoms with van der Waals surface area (Å²) >= 11 is 0. The van der Waals surface area contributed by atoms with Crippen LogP contribution in [0, 0.1) is 5.82 Å². The van der Waals surface area contributed by atoms with Gasteiger partial charge in [0.15, 0.2) is 0 Å². The summed E-state index contributed by atoms with van der Waals surface area (Å²) in [4.78, 5) is 0. The molecule has 3 aromatic carbocycles. The van der Waals surface area contributed by atoms with Gasteiger partial charge in [-0.05, 0) is 73.2 Å². The van der Waals surface area contributed by atoms with Crippen molar-refractivity contribution in [3.63, 3.8) is 0 Å². The fourth-order valence-corrected chi connectivity index (χ4v) is 3.66. The summed E-state index contributed by atoms with van der Waals surface area (Å²) in [5, 5.41) is 14.2. The molecule has 2 nitrogen and oxygen atoms in total. The zero-order valence-electron chi connectivity index (χ0n) is 17.7. The lowest BCUT2D eigenvalue weighted by molar-refractivity contribution is -0.137. The Balaban J connectivity index is 1.63. The van der Waals surface area contributed by atoms with Crippen LogP contribution in [0.5, 0.6) is 0 Å². The second kappa shape index (κ2) is 11.2. The van der Waals surface area contributed by atoms with Crippen molar-refractivity contribution in [1.29, 1.82) is 0 Å². The van der Waals surface area contributed by atoms with Crippen molar-refractivity contribution in [2.24, 2.45) is 0 Å². The summed E-state index contributed by atoms with van der Waals surface area (Å²) < 4.78 is 51.8. The number of halogens is 4. The lowest BCUT2D eigenvalue weighted by Gasteiger charge is -2.25. The number of benzene rings is 3. The number of rotatable bonds is 10. The predicted octanol–water partition coefficient (Wildman–Crippen LogP) is 6.10. The van der Waals surface area contributed by atoms with Gasteiger partial charge >= 0.3 is 6.18 Å². The highest BCUT2D eigenvalue weighted by atomic mass is 19.4. The van der Waals surface area contributed by atoms with Crippen molar-refractivity contribution in [1.82, 2.24) is 5.32 Å². The summed E-state index contributed by atoms with van der Waals surface area (Å²) in [6.07, 6.45) is -2.16. The van der Waals surface area contributed by atoms with Gasteiger partial charge < -0.3 is 10.4 Å². The Labute approximate surface area is 185 Å². The van der Waals surface area contributed by atoms with Gasteiger partial charge in [-0.1, -0.05) is 54.6 Å². The van der Waals surface area contributed by atoms with Gasteiger partial charge in [0.2, 0.25) is 0 Å². The summed E-state index contributed by atoms with van der Waals surface area (Å²) in [6.45, 7) is 0.649. The molecule has 0 bridgehead atoms. The highest BCUT2D eigenvalue weighted by Crippen LogP contribution is 2.29. The summed E-state index contributed by atoms with van der Waals surface area (Å²) in [6, 6.07) is 20.3. The lowest BCUT2D eigenvalue weighted by atomic mass is 9.95. The van der Waals surface area contributed by atoms with Crippen LogP contribution in [0.25, 0.3) is 0 Å². The van der Waals surface area contributed by atoms with Gasteiger partial charge in [-0.3, -0.25) is 0 Å². The number of hydrogen-bond acceptors (Lipinski definition) is 2. The SMILES string of the molecule is OC(c1ccc(F)cc1)C(Cc1ccc(C(F)(F)F)cc1)NCCCCc1ccccc1. The summed E-state index contributed by atoms with van der Waals surface area (Å²) in [5.41, 5.74) is 1.80. The highest BCUT2D eigenvalue weighted by Gasteiger charge is 2.30. The molecule has 2 unspecified atom stereocenters. The van der Waals surface area contributed by atoms with E-state index < -0.39 is 29.7 Å². The minimum atomic E-state index is -4.39. The minimum absolute atomic E-state index is 0.343. The van der Waals surface area contributed by atoms with E-state index in [0.717, 1.165) is 31.4 Å². The lowest BCUT2D eigenvalue weighted by Crippen LogP contribution is -2.37. The Kier molecular flexibility index (Phi) is 8.42. The van der Waals surface area contributed by atoms with Crippen molar-refractivity contribution < 1.29 is 22.7 Å². The zero-order chi connectivity index (χ0) is 23.0. The first-order valence-corrected chi connectivity index (χ1v) is 10.7. The molecule has 0 aromatic heterocycles. The van der Waals surface area contributed by atoms with E-state index in [1.807, 2.05) is 18.2 Å². The Morgan fingerprint density at radius 2 is 1.44 bits per heavy atom. The average molecular weight is 446 g/mol. The van der Waals surface area contributed by atoms with E-state index in [-0.39, 0.29) is 0 Å². The van der Waals surface area contributed by atoms with E-state index in [9.17, 15) is 22.7 Å². The molecule has 0 spiro atoms. The Morgan fingerprint density at radius 3 is 2.06 bits per heavy atom. The van der Waals surface area contributed by atoms with Gasteiger partial charge in [-0.25, -0.2) is 4.39 Å². The molecule has 0 saturated carbocycles. The second-order valence-electron chi connectivity index (χ2n) is 7.90. The molecule has 0 aliphatic carbocycles. The molecule has 3 aromatic rings. The maximum Gasteiger partial charge on any atom is 0.416 e. The minimum Gasteiger partial charge on any atom is -0.387 e. The molecule has 0 amide bonds. The summed E-state index contributed by atoms with van der Waals surface area (Å²) in [5.74, 6) is -0.394. The monoisotopic (exact) mass is 445 g/mol. The third-order valence-corrected chi connectivity index (χ3v) is 5.47. The first-order chi connectivity index (χ1) is 15.3. The first-order valence-electron chi connectivity index (χ1n) is 10.7. The normalized spacial score (nSPS) is 13.7. The Bertz CT molecular complexity index is 940. The quantitative estimate of drug-likeness (QED) is 0.292. The second-order valence-corrected chi connectivity index (χ2v) is 7.90. The van der Waals surface area contributed by atoms with Crippen LogP contribution in [0.3, 0.4) is 0 Å². The third-order valence-electron chi connectivity index (χ3n) is 5.47. The number of aliphatic hydroxyl groups is 1. The third kappa shape index (κ3) is 7.18. The van der Waals surface area contributed by atoms with E-state index in [2.05, 4.69) is 17.4 Å². The van der Waals surface area contributed by atoms with Crippen molar-refractivity contribution in [2.75, 3.05) is 6.54 Å². The van der Waals surface area contributed by atoms with Gasteiger partial charge in [0.1, 0.15) is 5.82 Å². The molecule has 3 rings (SSSR count). The molecule has 2 atom stereocenters. The van der Waals surface area contributed by atoms with Crippen LogP contribution in [0.1, 0.15) is 41.2 Å². The topological polar surface area (TPSA) is 32.3 Å². The van der Waals surface area contributed by atoms with Gasteiger partial charge in [-0.2, -0.15) is 13.2 Å². The van der Waals surface area contributed by atoms with E-state index in [4.69, 9.17) is 0 Å².